The molecule has 1 fully saturated rings. The second-order valence-corrected chi connectivity index (χ2v) is 10.7. The lowest BCUT2D eigenvalue weighted by Gasteiger charge is -2.34. The van der Waals surface area contributed by atoms with Crippen LogP contribution in [0, 0.1) is 20.8 Å². The van der Waals surface area contributed by atoms with Crippen molar-refractivity contribution in [1.29, 1.82) is 0 Å². The Hall–Kier alpha value is -1.78. The van der Waals surface area contributed by atoms with Gasteiger partial charge < -0.3 is 5.11 Å². The fourth-order valence-corrected chi connectivity index (χ4v) is 6.74. The number of fused-ring (bicyclic) bond motifs is 1. The number of hydrogen-bond donors (Lipinski definition) is 1. The van der Waals surface area contributed by atoms with Crippen molar-refractivity contribution in [3.05, 3.63) is 57.6 Å². The number of benzene rings is 2. The molecule has 0 radical (unpaired) electrons. The van der Waals surface area contributed by atoms with E-state index < -0.39 is 5.97 Å². The predicted octanol–water partition coefficient (Wildman–Crippen LogP) is 6.64. The number of aliphatic carboxylic acids is 1. The molecular formula is C27H35NO2S. The SMILES string of the molecule is Cc1ccc(-c2c(C)c3c(c(C)c2CC(=O)O)CCN(SC2CCCCCC2)C3)cc1. The highest BCUT2D eigenvalue weighted by Gasteiger charge is 2.27. The summed E-state index contributed by atoms with van der Waals surface area (Å²) >= 11 is 2.09. The summed E-state index contributed by atoms with van der Waals surface area (Å²) in [6.45, 7) is 8.47. The second kappa shape index (κ2) is 9.79. The molecule has 3 nitrogen and oxygen atoms in total. The molecule has 1 heterocycles. The molecule has 0 bridgehead atoms. The van der Waals surface area contributed by atoms with Crippen LogP contribution in [0.2, 0.25) is 0 Å². The lowest BCUT2D eigenvalue weighted by Crippen LogP contribution is -2.29. The molecule has 0 amide bonds. The molecule has 1 aliphatic heterocycles. The van der Waals surface area contributed by atoms with Crippen molar-refractivity contribution in [3.63, 3.8) is 0 Å². The molecule has 0 unspecified atom stereocenters. The number of rotatable bonds is 5. The number of hydrogen-bond acceptors (Lipinski definition) is 3. The summed E-state index contributed by atoms with van der Waals surface area (Å²) in [6.07, 6.45) is 9.32. The van der Waals surface area contributed by atoms with E-state index in [2.05, 4.69) is 61.3 Å². The summed E-state index contributed by atoms with van der Waals surface area (Å²) in [4.78, 5) is 11.7. The standard InChI is InChI=1S/C27H35NO2S/c1-18-10-12-21(13-11-18)27-20(3)25-17-28(31-22-8-6-4-5-7-9-22)15-14-23(25)19(2)24(27)16-26(29)30/h10-13,22H,4-9,14-17H2,1-3H3,(H,29,30). The lowest BCUT2D eigenvalue weighted by molar-refractivity contribution is -0.136. The third kappa shape index (κ3) is 5.01. The molecular weight excluding hydrogens is 402 g/mol. The number of carbonyl (C=O) groups is 1. The van der Waals surface area contributed by atoms with E-state index in [1.807, 2.05) is 0 Å². The molecule has 4 heteroatoms. The topological polar surface area (TPSA) is 40.5 Å². The summed E-state index contributed by atoms with van der Waals surface area (Å²) in [5, 5.41) is 10.4. The maximum atomic E-state index is 11.7. The van der Waals surface area contributed by atoms with E-state index in [4.69, 9.17) is 0 Å². The van der Waals surface area contributed by atoms with Gasteiger partial charge in [0.1, 0.15) is 0 Å². The van der Waals surface area contributed by atoms with Crippen LogP contribution < -0.4 is 0 Å². The van der Waals surface area contributed by atoms with Gasteiger partial charge in [0.2, 0.25) is 0 Å². The van der Waals surface area contributed by atoms with Crippen molar-refractivity contribution in [2.24, 2.45) is 0 Å². The van der Waals surface area contributed by atoms with Crippen LogP contribution in [0.25, 0.3) is 11.1 Å². The van der Waals surface area contributed by atoms with E-state index >= 15 is 0 Å². The Balaban J connectivity index is 1.70. The highest BCUT2D eigenvalue weighted by atomic mass is 32.2. The molecule has 1 N–H and O–H groups in total. The molecule has 0 aromatic heterocycles. The number of carboxylic acids is 1. The lowest BCUT2D eigenvalue weighted by atomic mass is 9.81. The van der Waals surface area contributed by atoms with Crippen molar-refractivity contribution in [1.82, 2.24) is 4.31 Å². The second-order valence-electron chi connectivity index (χ2n) is 9.33. The van der Waals surface area contributed by atoms with Crippen molar-refractivity contribution in [2.45, 2.75) is 83.9 Å². The van der Waals surface area contributed by atoms with Crippen LogP contribution in [0.3, 0.4) is 0 Å². The van der Waals surface area contributed by atoms with Gasteiger partial charge in [-0.3, -0.25) is 4.79 Å². The fourth-order valence-electron chi connectivity index (χ4n) is 5.38. The maximum absolute atomic E-state index is 11.7. The normalized spacial score (nSPS) is 17.9. The minimum Gasteiger partial charge on any atom is -0.481 e. The van der Waals surface area contributed by atoms with Crippen LogP contribution in [0.1, 0.15) is 71.9 Å². The fraction of sp³-hybridized carbons (Fsp3) is 0.519. The Morgan fingerprint density at radius 1 is 1.00 bits per heavy atom. The minimum absolute atomic E-state index is 0.0870. The van der Waals surface area contributed by atoms with Gasteiger partial charge in [0.25, 0.3) is 0 Å². The third-order valence-corrected chi connectivity index (χ3v) is 8.49. The summed E-state index contributed by atoms with van der Waals surface area (Å²) in [5.41, 5.74) is 9.78. The summed E-state index contributed by atoms with van der Waals surface area (Å²) in [7, 11) is 0. The van der Waals surface area contributed by atoms with E-state index in [-0.39, 0.29) is 6.42 Å². The Kier molecular flexibility index (Phi) is 7.08. The van der Waals surface area contributed by atoms with Crippen molar-refractivity contribution >= 4 is 17.9 Å². The molecule has 4 rings (SSSR count). The number of aryl methyl sites for hydroxylation is 1. The van der Waals surface area contributed by atoms with Crippen LogP contribution >= 0.6 is 11.9 Å². The van der Waals surface area contributed by atoms with E-state index in [1.165, 1.54) is 66.3 Å². The molecule has 2 aromatic rings. The minimum atomic E-state index is -0.753. The number of nitrogens with zero attached hydrogens (tertiary/aromatic N) is 1. The van der Waals surface area contributed by atoms with E-state index in [9.17, 15) is 9.90 Å². The first kappa shape index (κ1) is 22.4. The molecule has 0 saturated heterocycles. The van der Waals surface area contributed by atoms with Crippen molar-refractivity contribution in [3.8, 4) is 11.1 Å². The molecule has 31 heavy (non-hydrogen) atoms. The van der Waals surface area contributed by atoms with E-state index in [0.29, 0.717) is 0 Å². The van der Waals surface area contributed by atoms with Gasteiger partial charge in [0.15, 0.2) is 0 Å². The van der Waals surface area contributed by atoms with E-state index in [1.54, 1.807) is 0 Å². The Labute approximate surface area is 191 Å². The zero-order valence-corrected chi connectivity index (χ0v) is 20.0. The molecule has 2 aliphatic rings. The van der Waals surface area contributed by atoms with Gasteiger partial charge in [-0.15, -0.1) is 0 Å². The first-order valence-electron chi connectivity index (χ1n) is 11.8. The van der Waals surface area contributed by atoms with Crippen molar-refractivity contribution in [2.75, 3.05) is 6.54 Å². The summed E-state index contributed by atoms with van der Waals surface area (Å²) < 4.78 is 2.58. The van der Waals surface area contributed by atoms with Gasteiger partial charge in [-0.1, -0.05) is 67.5 Å². The monoisotopic (exact) mass is 437 g/mol. The molecule has 1 aliphatic carbocycles. The van der Waals surface area contributed by atoms with Crippen LogP contribution in [-0.2, 0) is 24.2 Å². The van der Waals surface area contributed by atoms with E-state index in [0.717, 1.165) is 41.5 Å². The highest BCUT2D eigenvalue weighted by molar-refractivity contribution is 7.97. The Morgan fingerprint density at radius 3 is 2.32 bits per heavy atom. The average Bonchev–Trinajstić information content (AvgIpc) is 3.01. The van der Waals surface area contributed by atoms with Crippen LogP contribution in [0.15, 0.2) is 24.3 Å². The molecule has 1 saturated carbocycles. The van der Waals surface area contributed by atoms with Crippen molar-refractivity contribution < 1.29 is 9.90 Å². The molecule has 0 atom stereocenters. The molecule has 166 valence electrons. The Morgan fingerprint density at radius 2 is 1.68 bits per heavy atom. The first-order valence-corrected chi connectivity index (χ1v) is 12.6. The number of carboxylic acid groups (broad SMARTS) is 1. The quantitative estimate of drug-likeness (QED) is 0.421. The zero-order chi connectivity index (χ0) is 22.0. The third-order valence-electron chi connectivity index (χ3n) is 7.11. The molecule has 0 spiro atoms. The van der Waals surface area contributed by atoms with Crippen LogP contribution in [0.4, 0.5) is 0 Å². The van der Waals surface area contributed by atoms with Crippen LogP contribution in [-0.4, -0.2) is 27.2 Å². The Bertz CT molecular complexity index is 943. The van der Waals surface area contributed by atoms with Gasteiger partial charge in [-0.25, -0.2) is 4.31 Å². The van der Waals surface area contributed by atoms with Crippen LogP contribution in [0.5, 0.6) is 0 Å². The smallest absolute Gasteiger partial charge is 0.307 e. The summed E-state index contributed by atoms with van der Waals surface area (Å²) in [5.74, 6) is -0.753. The van der Waals surface area contributed by atoms with Gasteiger partial charge >= 0.3 is 5.97 Å². The summed E-state index contributed by atoms with van der Waals surface area (Å²) in [6, 6.07) is 8.55. The highest BCUT2D eigenvalue weighted by Crippen LogP contribution is 2.40. The van der Waals surface area contributed by atoms with Gasteiger partial charge in [0.05, 0.1) is 6.42 Å². The largest absolute Gasteiger partial charge is 0.481 e. The zero-order valence-electron chi connectivity index (χ0n) is 19.2. The van der Waals surface area contributed by atoms with Gasteiger partial charge in [-0.05, 0) is 79.0 Å². The molecule has 2 aromatic carbocycles. The van der Waals surface area contributed by atoms with Gasteiger partial charge in [-0.2, -0.15) is 0 Å². The predicted molar refractivity (Wildman–Crippen MR) is 131 cm³/mol. The maximum Gasteiger partial charge on any atom is 0.307 e. The first-order chi connectivity index (χ1) is 14.9. The van der Waals surface area contributed by atoms with Gasteiger partial charge in [0, 0.05) is 18.3 Å². The average molecular weight is 438 g/mol.